The Hall–Kier alpha value is -1.39. The van der Waals surface area contributed by atoms with Crippen molar-refractivity contribution < 1.29 is 19.5 Å². The van der Waals surface area contributed by atoms with Crippen LogP contribution in [0.5, 0.6) is 0 Å². The van der Waals surface area contributed by atoms with E-state index in [-0.39, 0.29) is 30.7 Å². The van der Waals surface area contributed by atoms with Gasteiger partial charge in [0, 0.05) is 19.4 Å². The van der Waals surface area contributed by atoms with Crippen LogP contribution in [0.1, 0.15) is 45.4 Å². The molecule has 0 bridgehead atoms. The van der Waals surface area contributed by atoms with E-state index in [9.17, 15) is 14.4 Å². The van der Waals surface area contributed by atoms with E-state index in [2.05, 4.69) is 0 Å². The number of aliphatic carboxylic acids is 1. The van der Waals surface area contributed by atoms with Gasteiger partial charge < -0.3 is 5.11 Å². The zero-order valence-electron chi connectivity index (χ0n) is 10.6. The average molecular weight is 253 g/mol. The van der Waals surface area contributed by atoms with Crippen molar-refractivity contribution in [1.29, 1.82) is 0 Å². The molecular formula is C13H19NO4. The highest BCUT2D eigenvalue weighted by Crippen LogP contribution is 2.46. The number of rotatable bonds is 4. The van der Waals surface area contributed by atoms with Crippen LogP contribution >= 0.6 is 0 Å². The van der Waals surface area contributed by atoms with E-state index >= 15 is 0 Å². The van der Waals surface area contributed by atoms with E-state index < -0.39 is 11.4 Å². The maximum absolute atomic E-state index is 12.3. The Morgan fingerprint density at radius 1 is 1.39 bits per heavy atom. The van der Waals surface area contributed by atoms with Gasteiger partial charge in [0.2, 0.25) is 11.8 Å². The summed E-state index contributed by atoms with van der Waals surface area (Å²) < 4.78 is 0. The van der Waals surface area contributed by atoms with Crippen LogP contribution in [0.15, 0.2) is 0 Å². The van der Waals surface area contributed by atoms with Crippen molar-refractivity contribution in [2.75, 3.05) is 6.54 Å². The smallest absolute Gasteiger partial charge is 0.303 e. The van der Waals surface area contributed by atoms with Crippen LogP contribution in [0, 0.1) is 11.3 Å². The number of imide groups is 1. The number of carboxylic acids is 1. The van der Waals surface area contributed by atoms with Crippen molar-refractivity contribution in [3.8, 4) is 0 Å². The van der Waals surface area contributed by atoms with Gasteiger partial charge in [0.1, 0.15) is 0 Å². The molecule has 2 amide bonds. The molecule has 5 heteroatoms. The maximum atomic E-state index is 12.3. The van der Waals surface area contributed by atoms with E-state index in [4.69, 9.17) is 5.11 Å². The van der Waals surface area contributed by atoms with Gasteiger partial charge in [-0.25, -0.2) is 0 Å². The summed E-state index contributed by atoms with van der Waals surface area (Å²) >= 11 is 0. The molecule has 1 heterocycles. The Morgan fingerprint density at radius 2 is 2.00 bits per heavy atom. The Morgan fingerprint density at radius 3 is 2.56 bits per heavy atom. The van der Waals surface area contributed by atoms with Gasteiger partial charge in [0.25, 0.3) is 0 Å². The highest BCUT2D eigenvalue weighted by Gasteiger charge is 2.52. The minimum Gasteiger partial charge on any atom is -0.481 e. The van der Waals surface area contributed by atoms with Gasteiger partial charge in [-0.2, -0.15) is 0 Å². The fraction of sp³-hybridized carbons (Fsp3) is 0.769. The number of carbonyl (C=O) groups is 3. The summed E-state index contributed by atoms with van der Waals surface area (Å²) in [5.41, 5.74) is -0.444. The predicted molar refractivity (Wildman–Crippen MR) is 63.7 cm³/mol. The second-order valence-corrected chi connectivity index (χ2v) is 5.68. The lowest BCUT2D eigenvalue weighted by Gasteiger charge is -2.22. The third-order valence-corrected chi connectivity index (χ3v) is 4.07. The molecule has 100 valence electrons. The molecule has 1 saturated heterocycles. The zero-order chi connectivity index (χ0) is 13.3. The first-order valence-corrected chi connectivity index (χ1v) is 6.51. The van der Waals surface area contributed by atoms with Crippen molar-refractivity contribution in [3.05, 3.63) is 0 Å². The Balaban J connectivity index is 2.03. The molecule has 0 aromatic carbocycles. The first-order valence-electron chi connectivity index (χ1n) is 6.51. The van der Waals surface area contributed by atoms with Crippen molar-refractivity contribution in [1.82, 2.24) is 4.90 Å². The molecule has 2 fully saturated rings. The number of carbonyl (C=O) groups excluding carboxylic acids is 2. The van der Waals surface area contributed by atoms with Crippen LogP contribution < -0.4 is 0 Å². The van der Waals surface area contributed by atoms with Crippen molar-refractivity contribution >= 4 is 17.8 Å². The molecule has 5 nitrogen and oxygen atoms in total. The molecule has 1 aliphatic carbocycles. The second-order valence-electron chi connectivity index (χ2n) is 5.68. The second kappa shape index (κ2) is 4.71. The predicted octanol–water partition coefficient (Wildman–Crippen LogP) is 1.42. The number of nitrogens with zero attached hydrogens (tertiary/aromatic N) is 1. The monoisotopic (exact) mass is 253 g/mol. The number of amides is 2. The third kappa shape index (κ3) is 2.26. The van der Waals surface area contributed by atoms with Crippen molar-refractivity contribution in [2.45, 2.75) is 45.4 Å². The highest BCUT2D eigenvalue weighted by molar-refractivity contribution is 6.06. The number of likely N-dealkylation sites (tertiary alicyclic amines) is 1. The summed E-state index contributed by atoms with van der Waals surface area (Å²) in [4.78, 5) is 36.1. The molecule has 18 heavy (non-hydrogen) atoms. The highest BCUT2D eigenvalue weighted by atomic mass is 16.4. The summed E-state index contributed by atoms with van der Waals surface area (Å²) in [7, 11) is 0. The fourth-order valence-electron chi connectivity index (χ4n) is 3.16. The molecule has 2 aliphatic rings. The molecule has 1 N–H and O–H groups in total. The van der Waals surface area contributed by atoms with Gasteiger partial charge >= 0.3 is 5.97 Å². The lowest BCUT2D eigenvalue weighted by molar-refractivity contribution is -0.144. The minimum absolute atomic E-state index is 0.00986. The van der Waals surface area contributed by atoms with E-state index in [1.54, 1.807) is 6.92 Å². The quantitative estimate of drug-likeness (QED) is 0.769. The first kappa shape index (κ1) is 13.1. The van der Waals surface area contributed by atoms with E-state index in [0.29, 0.717) is 6.42 Å². The molecule has 1 unspecified atom stereocenters. The van der Waals surface area contributed by atoms with Crippen LogP contribution in [0.3, 0.4) is 0 Å². The van der Waals surface area contributed by atoms with Crippen molar-refractivity contribution in [2.24, 2.45) is 11.3 Å². The number of carboxylic acid groups (broad SMARTS) is 1. The van der Waals surface area contributed by atoms with E-state index in [0.717, 1.165) is 25.7 Å². The summed E-state index contributed by atoms with van der Waals surface area (Å²) in [5.74, 6) is -1.27. The first-order chi connectivity index (χ1) is 8.44. The Labute approximate surface area is 106 Å². The van der Waals surface area contributed by atoms with Gasteiger partial charge in [-0.3, -0.25) is 19.3 Å². The number of hydrogen-bond acceptors (Lipinski definition) is 3. The lowest BCUT2D eigenvalue weighted by Crippen LogP contribution is -2.37. The summed E-state index contributed by atoms with van der Waals surface area (Å²) in [5, 5.41) is 8.71. The van der Waals surface area contributed by atoms with Gasteiger partial charge in [-0.1, -0.05) is 19.8 Å². The number of hydrogen-bond donors (Lipinski definition) is 1. The Bertz CT molecular complexity index is 384. The zero-order valence-corrected chi connectivity index (χ0v) is 10.6. The maximum Gasteiger partial charge on any atom is 0.303 e. The SMILES string of the molecule is CC(CC(=O)O)CN1C(=O)CC2(CCCC2)C1=O. The molecule has 1 spiro atoms. The van der Waals surface area contributed by atoms with Crippen LogP contribution in [0.4, 0.5) is 0 Å². The Kier molecular flexibility index (Phi) is 3.41. The molecule has 1 saturated carbocycles. The van der Waals surface area contributed by atoms with Crippen LogP contribution in [0.2, 0.25) is 0 Å². The van der Waals surface area contributed by atoms with E-state index in [1.165, 1.54) is 4.90 Å². The fourth-order valence-corrected chi connectivity index (χ4v) is 3.16. The minimum atomic E-state index is -0.892. The summed E-state index contributed by atoms with van der Waals surface area (Å²) in [6.07, 6.45) is 3.95. The molecule has 1 atom stereocenters. The lowest BCUT2D eigenvalue weighted by atomic mass is 9.84. The summed E-state index contributed by atoms with van der Waals surface area (Å²) in [6, 6.07) is 0. The molecule has 0 aromatic rings. The molecular weight excluding hydrogens is 234 g/mol. The van der Waals surface area contributed by atoms with Crippen LogP contribution in [-0.2, 0) is 14.4 Å². The molecule has 0 aromatic heterocycles. The average Bonchev–Trinajstić information content (AvgIpc) is 2.80. The van der Waals surface area contributed by atoms with Crippen molar-refractivity contribution in [3.63, 3.8) is 0 Å². The van der Waals surface area contributed by atoms with Gasteiger partial charge in [0.05, 0.1) is 5.41 Å². The largest absolute Gasteiger partial charge is 0.481 e. The third-order valence-electron chi connectivity index (χ3n) is 4.07. The normalized spacial score (nSPS) is 23.9. The topological polar surface area (TPSA) is 74.7 Å². The standard InChI is InChI=1S/C13H19NO4/c1-9(6-11(16)17)8-14-10(15)7-13(12(14)18)4-2-3-5-13/h9H,2-8H2,1H3,(H,16,17). The molecule has 1 aliphatic heterocycles. The van der Waals surface area contributed by atoms with E-state index in [1.807, 2.05) is 0 Å². The van der Waals surface area contributed by atoms with Gasteiger partial charge in [-0.05, 0) is 18.8 Å². The summed E-state index contributed by atoms with van der Waals surface area (Å²) in [6.45, 7) is 2.00. The van der Waals surface area contributed by atoms with Crippen LogP contribution in [0.25, 0.3) is 0 Å². The van der Waals surface area contributed by atoms with Gasteiger partial charge in [-0.15, -0.1) is 0 Å². The van der Waals surface area contributed by atoms with Crippen LogP contribution in [-0.4, -0.2) is 34.3 Å². The van der Waals surface area contributed by atoms with Gasteiger partial charge in [0.15, 0.2) is 0 Å². The molecule has 2 rings (SSSR count). The molecule has 0 radical (unpaired) electrons.